The second kappa shape index (κ2) is 16.3. The molecule has 2 fully saturated rings. The quantitative estimate of drug-likeness (QED) is 0.0723. The topological polar surface area (TPSA) is 134 Å². The minimum Gasteiger partial charge on any atom is -0.496 e. The zero-order valence-electron chi connectivity index (χ0n) is 38.7. The van der Waals surface area contributed by atoms with Gasteiger partial charge in [0.05, 0.1) is 27.4 Å². The summed E-state index contributed by atoms with van der Waals surface area (Å²) in [7, 11) is 6.17. The molecule has 348 valence electrons. The zero-order valence-corrected chi connectivity index (χ0v) is 39.6. The van der Waals surface area contributed by atoms with Gasteiger partial charge in [0.1, 0.15) is 17.0 Å². The lowest BCUT2D eigenvalue weighted by Crippen LogP contribution is -2.81. The van der Waals surface area contributed by atoms with Gasteiger partial charge < -0.3 is 33.9 Å². The molecule has 1 spiro atoms. The van der Waals surface area contributed by atoms with Gasteiger partial charge in [-0.2, -0.15) is 0 Å². The Bertz CT molecular complexity index is 2720. The minimum atomic E-state index is -2.31. The van der Waals surface area contributed by atoms with Crippen molar-refractivity contribution >= 4 is 46.3 Å². The molecule has 9 atom stereocenters. The number of ether oxygens (including phenoxy) is 4. The highest BCUT2D eigenvalue weighted by molar-refractivity contribution is 7.98. The van der Waals surface area contributed by atoms with Crippen molar-refractivity contribution < 1.29 is 42.8 Å². The number of aromatic amines is 1. The number of nitrogens with one attached hydrogen (secondary N) is 1. The standard InChI is InChI=1S/C52H59FN4O8S/c1-8-31-21-32-25-51(47(59)63-6,43-36(28-56(26-31)27-32)35-22-34(15-16-40(35)54-43)66-29-33-13-10-11-14-39(33)53)38-23-37-41(24-42(38)62-5)55(4)45-50(37)18-20-57-19-12-17-49(9-2,44(50)57)46(65-30(3)58)52(45,61)48(60)64-7/h10-17,21-24,32,44-46,54,61H,8-9,18-20,25-29H2,1-7H3/t32?,44-,45+,46+,49+,50+,51-,52-/m0/s1. The smallest absolute Gasteiger partial charge is 0.344 e. The number of H-pyrrole nitrogens is 1. The van der Waals surface area contributed by atoms with Crippen molar-refractivity contribution in [3.05, 3.63) is 112 Å². The Morgan fingerprint density at radius 3 is 2.48 bits per heavy atom. The number of halogens is 1. The molecule has 6 aliphatic rings. The Hall–Kier alpha value is -5.15. The number of carbonyl (C=O) groups is 3. The maximum atomic E-state index is 15.5. The van der Waals surface area contributed by atoms with Gasteiger partial charge in [0.25, 0.3) is 0 Å². The fourth-order valence-electron chi connectivity index (χ4n) is 13.7. The first-order valence-electron chi connectivity index (χ1n) is 23.1. The molecular formula is C52H59FN4O8S. The van der Waals surface area contributed by atoms with Gasteiger partial charge in [-0.1, -0.05) is 55.8 Å². The van der Waals surface area contributed by atoms with Crippen LogP contribution in [0.1, 0.15) is 74.4 Å². The number of fused-ring (bicyclic) bond motifs is 6. The van der Waals surface area contributed by atoms with Crippen LogP contribution in [0, 0.1) is 17.2 Å². The molecule has 1 saturated heterocycles. The van der Waals surface area contributed by atoms with Crippen molar-refractivity contribution in [2.75, 3.05) is 59.5 Å². The van der Waals surface area contributed by atoms with E-state index in [4.69, 9.17) is 18.9 Å². The maximum Gasteiger partial charge on any atom is 0.344 e. The molecule has 0 amide bonds. The van der Waals surface area contributed by atoms with Crippen LogP contribution in [0.2, 0.25) is 0 Å². The summed E-state index contributed by atoms with van der Waals surface area (Å²) in [6.45, 7) is 8.89. The molecule has 2 unspecified atom stereocenters. The van der Waals surface area contributed by atoms with Crippen LogP contribution in [0.4, 0.5) is 10.1 Å². The van der Waals surface area contributed by atoms with E-state index in [-0.39, 0.29) is 17.8 Å². The number of hydrogen-bond donors (Lipinski definition) is 2. The number of likely N-dealkylation sites (N-methyl/N-ethyl adjacent to an activating group) is 1. The first-order valence-corrected chi connectivity index (χ1v) is 24.1. The maximum absolute atomic E-state index is 15.5. The molecule has 6 heterocycles. The molecular weight excluding hydrogens is 860 g/mol. The highest BCUT2D eigenvalue weighted by atomic mass is 32.2. The fraction of sp³-hybridized carbons (Fsp3) is 0.481. The number of anilines is 1. The Kier molecular flexibility index (Phi) is 11.0. The van der Waals surface area contributed by atoms with Gasteiger partial charge in [-0.3, -0.25) is 19.4 Å². The molecule has 66 heavy (non-hydrogen) atoms. The molecule has 2 N–H and O–H groups in total. The van der Waals surface area contributed by atoms with Crippen LogP contribution in [0.15, 0.2) is 83.3 Å². The second-order valence-corrected chi connectivity index (χ2v) is 20.3. The van der Waals surface area contributed by atoms with Crippen molar-refractivity contribution in [3.63, 3.8) is 0 Å². The number of hydrogen-bond acceptors (Lipinski definition) is 12. The molecule has 10 rings (SSSR count). The summed E-state index contributed by atoms with van der Waals surface area (Å²) in [5, 5.41) is 14.4. The highest BCUT2D eigenvalue weighted by Gasteiger charge is 2.80. The summed E-state index contributed by atoms with van der Waals surface area (Å²) in [5.74, 6) is -1.28. The van der Waals surface area contributed by atoms with Gasteiger partial charge in [0, 0.05) is 102 Å². The monoisotopic (exact) mass is 918 g/mol. The van der Waals surface area contributed by atoms with E-state index in [0.29, 0.717) is 61.5 Å². The Balaban J connectivity index is 1.23. The summed E-state index contributed by atoms with van der Waals surface area (Å²) in [5.41, 5.74) is 1.08. The van der Waals surface area contributed by atoms with Crippen LogP contribution in [0.3, 0.4) is 0 Å². The first kappa shape index (κ1) is 44.7. The van der Waals surface area contributed by atoms with Crippen LogP contribution in [-0.2, 0) is 51.7 Å². The Labute approximate surface area is 389 Å². The third-order valence-corrected chi connectivity index (χ3v) is 17.2. The number of aliphatic hydroxyl groups is 1. The van der Waals surface area contributed by atoms with Gasteiger partial charge in [-0.25, -0.2) is 9.18 Å². The number of esters is 3. The van der Waals surface area contributed by atoms with Gasteiger partial charge in [0.15, 0.2) is 6.10 Å². The molecule has 4 aromatic rings. The largest absolute Gasteiger partial charge is 0.496 e. The van der Waals surface area contributed by atoms with Crippen molar-refractivity contribution in [2.24, 2.45) is 11.3 Å². The van der Waals surface area contributed by atoms with Crippen molar-refractivity contribution in [1.82, 2.24) is 14.8 Å². The number of carbonyl (C=O) groups excluding carboxylic acids is 3. The summed E-state index contributed by atoms with van der Waals surface area (Å²) < 4.78 is 38.9. The van der Waals surface area contributed by atoms with Gasteiger partial charge in [-0.15, -0.1) is 11.8 Å². The molecule has 14 heteroatoms. The molecule has 1 saturated carbocycles. The first-order chi connectivity index (χ1) is 31.7. The Morgan fingerprint density at radius 1 is 0.985 bits per heavy atom. The summed E-state index contributed by atoms with van der Waals surface area (Å²) in [4.78, 5) is 54.6. The summed E-state index contributed by atoms with van der Waals surface area (Å²) in [6.07, 6.45) is 7.43. The van der Waals surface area contributed by atoms with Gasteiger partial charge >= 0.3 is 17.9 Å². The summed E-state index contributed by atoms with van der Waals surface area (Å²) >= 11 is 1.57. The van der Waals surface area contributed by atoms with Gasteiger partial charge in [0.2, 0.25) is 5.60 Å². The van der Waals surface area contributed by atoms with Crippen molar-refractivity contribution in [2.45, 2.75) is 98.3 Å². The third kappa shape index (κ3) is 6.16. The molecule has 2 bridgehead atoms. The van der Waals surface area contributed by atoms with E-state index in [1.165, 1.54) is 32.8 Å². The average molecular weight is 919 g/mol. The van der Waals surface area contributed by atoms with Crippen LogP contribution in [-0.4, -0.2) is 116 Å². The number of thioether (sulfide) groups is 1. The van der Waals surface area contributed by atoms with E-state index in [1.54, 1.807) is 24.9 Å². The molecule has 0 radical (unpaired) electrons. The van der Waals surface area contributed by atoms with E-state index < -0.39 is 51.9 Å². The Morgan fingerprint density at radius 2 is 1.77 bits per heavy atom. The predicted molar refractivity (Wildman–Crippen MR) is 250 cm³/mol. The number of nitrogens with zero attached hydrogens (tertiary/aromatic N) is 3. The lowest BCUT2D eigenvalue weighted by Gasteiger charge is -2.63. The molecule has 5 aliphatic heterocycles. The van der Waals surface area contributed by atoms with E-state index in [1.807, 2.05) is 49.2 Å². The van der Waals surface area contributed by atoms with Crippen molar-refractivity contribution in [3.8, 4) is 5.75 Å². The predicted octanol–water partition coefficient (Wildman–Crippen LogP) is 7.19. The fourth-order valence-corrected chi connectivity index (χ4v) is 14.7. The van der Waals surface area contributed by atoms with E-state index >= 15 is 4.79 Å². The zero-order chi connectivity index (χ0) is 46.5. The SMILES string of the molecule is CCC1=CC2CN(C1)Cc1c([nH]c3ccc(SCc4ccccc4F)cc13)[C@@](C(=O)OC)(c1cc3c(cc1OC)N(C)[C@H]1[C@@](O)(C(=O)OC)[C@H](OC(C)=O)[C@]4(CC)C=CCN5CC[C@]31[C@@H]54)C2. The van der Waals surface area contributed by atoms with Crippen LogP contribution in [0.5, 0.6) is 5.75 Å². The lowest BCUT2D eigenvalue weighted by molar-refractivity contribution is -0.228. The second-order valence-electron chi connectivity index (χ2n) is 19.2. The molecule has 3 aromatic carbocycles. The number of aromatic nitrogens is 1. The van der Waals surface area contributed by atoms with Crippen molar-refractivity contribution in [1.29, 1.82) is 0 Å². The summed E-state index contributed by atoms with van der Waals surface area (Å²) in [6, 6.07) is 15.9. The molecule has 12 nitrogen and oxygen atoms in total. The van der Waals surface area contributed by atoms with E-state index in [9.17, 15) is 19.1 Å². The van der Waals surface area contributed by atoms with E-state index in [0.717, 1.165) is 57.8 Å². The van der Waals surface area contributed by atoms with Crippen LogP contribution < -0.4 is 9.64 Å². The van der Waals surface area contributed by atoms with E-state index in [2.05, 4.69) is 52.1 Å². The molecule has 1 aromatic heterocycles. The van der Waals surface area contributed by atoms with Gasteiger partial charge in [-0.05, 0) is 85.2 Å². The number of benzene rings is 3. The normalized spacial score (nSPS) is 31.7. The lowest BCUT2D eigenvalue weighted by atomic mass is 9.47. The molecule has 1 aliphatic carbocycles. The number of rotatable bonds is 10. The number of methoxy groups -OCH3 is 3. The average Bonchev–Trinajstić information content (AvgIpc) is 3.97. The third-order valence-electron chi connectivity index (χ3n) is 16.2. The van der Waals surface area contributed by atoms with Crippen LogP contribution >= 0.6 is 11.8 Å². The minimum absolute atomic E-state index is 0.0347. The highest BCUT2D eigenvalue weighted by Crippen LogP contribution is 2.68. The van der Waals surface area contributed by atoms with Crippen LogP contribution in [0.25, 0.3) is 10.9 Å².